The fraction of sp³-hybridized carbons (Fsp3) is 0.800. The van der Waals surface area contributed by atoms with Gasteiger partial charge in [0.15, 0.2) is 0 Å². The van der Waals surface area contributed by atoms with Crippen LogP contribution in [-0.4, -0.2) is 32.9 Å². The van der Waals surface area contributed by atoms with E-state index in [9.17, 15) is 10.1 Å². The average Bonchev–Trinajstić information content (AvgIpc) is 3.38. The van der Waals surface area contributed by atoms with Crippen LogP contribution in [0.15, 0.2) is 24.3 Å². The first-order valence-electron chi connectivity index (χ1n) is 10.1. The van der Waals surface area contributed by atoms with Crippen molar-refractivity contribution in [3.63, 3.8) is 0 Å². The van der Waals surface area contributed by atoms with Crippen LogP contribution in [0.3, 0.4) is 0 Å². The fourth-order valence-corrected chi connectivity index (χ4v) is 8.94. The summed E-state index contributed by atoms with van der Waals surface area (Å²) in [6, 6.07) is -0.804. The number of hydroxylamine groups is 1. The van der Waals surface area contributed by atoms with Gasteiger partial charge in [-0.1, -0.05) is 24.3 Å². The summed E-state index contributed by atoms with van der Waals surface area (Å²) in [6.45, 7) is 0. The highest BCUT2D eigenvalue weighted by atomic mass is 35.5. The van der Waals surface area contributed by atoms with Crippen molar-refractivity contribution in [3.05, 3.63) is 34.4 Å². The van der Waals surface area contributed by atoms with Gasteiger partial charge in [0, 0.05) is 5.92 Å². The van der Waals surface area contributed by atoms with Gasteiger partial charge in [-0.3, -0.25) is 0 Å². The molecule has 4 saturated carbocycles. The summed E-state index contributed by atoms with van der Waals surface area (Å²) >= 11 is 13.4. The van der Waals surface area contributed by atoms with E-state index in [2.05, 4.69) is 24.3 Å². The van der Waals surface area contributed by atoms with Crippen molar-refractivity contribution in [1.29, 1.82) is 0 Å². The Morgan fingerprint density at radius 1 is 0.846 bits per heavy atom. The number of allylic oxidation sites excluding steroid dienone is 4. The Balaban J connectivity index is 1.25. The van der Waals surface area contributed by atoms with E-state index in [1.165, 1.54) is 0 Å². The van der Waals surface area contributed by atoms with E-state index in [0.717, 1.165) is 25.7 Å². The van der Waals surface area contributed by atoms with Crippen LogP contribution >= 0.6 is 23.2 Å². The van der Waals surface area contributed by atoms with Crippen LogP contribution in [0.1, 0.15) is 25.7 Å². The van der Waals surface area contributed by atoms with E-state index in [1.807, 2.05) is 0 Å². The first kappa shape index (κ1) is 16.4. The average molecular weight is 395 g/mol. The van der Waals surface area contributed by atoms with Crippen LogP contribution in [0.25, 0.3) is 0 Å². The van der Waals surface area contributed by atoms with Gasteiger partial charge in [-0.2, -0.15) is 5.17 Å². The predicted octanol–water partition coefficient (Wildman–Crippen LogP) is 4.12. The summed E-state index contributed by atoms with van der Waals surface area (Å²) in [4.78, 5) is 13.9. The molecule has 0 unspecified atom stereocenters. The molecule has 0 radical (unpaired) electrons. The first-order chi connectivity index (χ1) is 12.6. The molecule has 0 aromatic heterocycles. The molecule has 12 atom stereocenters. The summed E-state index contributed by atoms with van der Waals surface area (Å²) in [6.07, 6.45) is 13.1. The van der Waals surface area contributed by atoms with E-state index >= 15 is 0 Å². The maximum atomic E-state index is 13.2. The lowest BCUT2D eigenvalue weighted by atomic mass is 9.78. The standard InChI is InChI=1S/C20H24Cl2N2O2/c21-17-13-7-15(11-5-1-3-9(11)13)19(17)23(25)24(26)20-16-8-14(18(20)22)10-4-2-6-12(10)16/h1-2,5-6,9-20H,3-4,7-8H2/t9-,10+,11-,12+,13+,14-,15+,16-,17-,18+,19+,20-. The molecule has 0 spiro atoms. The Kier molecular flexibility index (Phi) is 3.46. The Bertz CT molecular complexity index is 712. The molecule has 6 heteroatoms. The monoisotopic (exact) mass is 394 g/mol. The van der Waals surface area contributed by atoms with Crippen molar-refractivity contribution in [2.24, 2.45) is 47.3 Å². The van der Waals surface area contributed by atoms with Crippen LogP contribution in [-0.2, 0) is 0 Å². The number of hydrazine groups is 1. The number of halogens is 2. The number of nitroso groups, excluding NO2 is 1. The van der Waals surface area contributed by atoms with E-state index < -0.39 is 12.1 Å². The topological polar surface area (TPSA) is 46.4 Å². The molecule has 0 aliphatic heterocycles. The third kappa shape index (κ3) is 1.87. The van der Waals surface area contributed by atoms with E-state index in [1.54, 1.807) is 0 Å². The summed E-state index contributed by atoms with van der Waals surface area (Å²) in [5, 5.41) is 13.4. The van der Waals surface area contributed by atoms with Crippen molar-refractivity contribution in [2.45, 2.75) is 48.5 Å². The smallest absolute Gasteiger partial charge is 0.253 e. The van der Waals surface area contributed by atoms with Crippen LogP contribution < -0.4 is 0 Å². The highest BCUT2D eigenvalue weighted by Crippen LogP contribution is 2.61. The molecule has 4 fully saturated rings. The molecule has 0 saturated heterocycles. The Hall–Kier alpha value is -0.580. The number of fused-ring (bicyclic) bond motifs is 10. The van der Waals surface area contributed by atoms with Gasteiger partial charge in [-0.15, -0.1) is 23.2 Å². The van der Waals surface area contributed by atoms with E-state index in [-0.39, 0.29) is 22.6 Å². The van der Waals surface area contributed by atoms with Gasteiger partial charge in [-0.25, -0.2) is 0 Å². The third-order valence-electron chi connectivity index (χ3n) is 8.75. The maximum Gasteiger partial charge on any atom is 0.253 e. The lowest BCUT2D eigenvalue weighted by Crippen LogP contribution is -2.55. The van der Waals surface area contributed by atoms with Crippen molar-refractivity contribution in [1.82, 2.24) is 5.17 Å². The molecule has 0 N–H and O–H groups in total. The normalized spacial score (nSPS) is 57.8. The zero-order valence-corrected chi connectivity index (χ0v) is 16.0. The molecule has 0 amide bonds. The Labute approximate surface area is 163 Å². The van der Waals surface area contributed by atoms with Gasteiger partial charge >= 0.3 is 0 Å². The number of rotatable bonds is 3. The van der Waals surface area contributed by atoms with E-state index in [0.29, 0.717) is 45.5 Å². The molecule has 4 nitrogen and oxygen atoms in total. The molecule has 4 bridgehead atoms. The summed E-state index contributed by atoms with van der Waals surface area (Å²) in [5.74, 6) is 3.19. The van der Waals surface area contributed by atoms with Gasteiger partial charge < -0.3 is 5.21 Å². The number of hydrogen-bond donors (Lipinski definition) is 0. The van der Waals surface area contributed by atoms with Crippen molar-refractivity contribution in [3.8, 4) is 0 Å². The minimum atomic E-state index is -0.402. The van der Waals surface area contributed by atoms with E-state index in [4.69, 9.17) is 23.2 Å². The van der Waals surface area contributed by atoms with Gasteiger partial charge in [0.1, 0.15) is 10.2 Å². The first-order valence-corrected chi connectivity index (χ1v) is 11.0. The highest BCUT2D eigenvalue weighted by molar-refractivity contribution is 6.22. The second kappa shape index (κ2) is 5.48. The molecule has 0 aromatic carbocycles. The third-order valence-corrected chi connectivity index (χ3v) is 9.92. The molecular formula is C20H24Cl2N2O2. The second-order valence-electron chi connectivity index (χ2n) is 9.41. The van der Waals surface area contributed by atoms with Crippen LogP contribution in [0, 0.1) is 57.5 Å². The minimum absolute atomic E-state index is 0.215. The number of alkyl halides is 2. The lowest BCUT2D eigenvalue weighted by molar-refractivity contribution is -0.735. The lowest BCUT2D eigenvalue weighted by Gasteiger charge is -2.41. The molecule has 6 aliphatic rings. The quantitative estimate of drug-likeness (QED) is 0.313. The predicted molar refractivity (Wildman–Crippen MR) is 100 cm³/mol. The minimum Gasteiger partial charge on any atom is -0.704 e. The largest absolute Gasteiger partial charge is 0.704 e. The molecule has 6 aliphatic carbocycles. The van der Waals surface area contributed by atoms with Crippen molar-refractivity contribution in [2.75, 3.05) is 0 Å². The molecule has 140 valence electrons. The van der Waals surface area contributed by atoms with Gasteiger partial charge in [0.2, 0.25) is 0 Å². The number of nitrogens with zero attached hydrogens (tertiary/aromatic N) is 2. The molecule has 0 aromatic rings. The zero-order chi connectivity index (χ0) is 17.7. The highest BCUT2D eigenvalue weighted by Gasteiger charge is 2.66. The summed E-state index contributed by atoms with van der Waals surface area (Å²) in [5.41, 5.74) is 0. The van der Waals surface area contributed by atoms with Crippen molar-refractivity contribution >= 4 is 23.2 Å². The van der Waals surface area contributed by atoms with Crippen LogP contribution in [0.5, 0.6) is 0 Å². The summed E-state index contributed by atoms with van der Waals surface area (Å²) < 4.78 is 0. The Morgan fingerprint density at radius 3 is 2.12 bits per heavy atom. The molecular weight excluding hydrogens is 371 g/mol. The SMILES string of the molecule is O=[N+]([C@H]1[C@@H](Cl)[C@@H]2C[C@@H]1[C@H]1C=CC[C@@H]12)N([O-])[C@@H]1[C@H](Cl)[C@H]2C[C@H]1[C@@H]1C=CC[C@H]12. The second-order valence-corrected chi connectivity index (χ2v) is 10.4. The molecule has 6 rings (SSSR count). The van der Waals surface area contributed by atoms with Gasteiger partial charge in [0.25, 0.3) is 6.04 Å². The van der Waals surface area contributed by atoms with Crippen LogP contribution in [0.4, 0.5) is 0 Å². The van der Waals surface area contributed by atoms with Gasteiger partial charge in [-0.05, 0) is 67.1 Å². The van der Waals surface area contributed by atoms with Crippen LogP contribution in [0.2, 0.25) is 0 Å². The van der Waals surface area contributed by atoms with Gasteiger partial charge in [0.05, 0.1) is 16.3 Å². The maximum absolute atomic E-state index is 13.2. The molecule has 26 heavy (non-hydrogen) atoms. The fourth-order valence-electron chi connectivity index (χ4n) is 7.80. The Morgan fingerprint density at radius 2 is 1.42 bits per heavy atom. The number of hydrogen-bond acceptors (Lipinski definition) is 2. The summed E-state index contributed by atoms with van der Waals surface area (Å²) in [7, 11) is 0. The van der Waals surface area contributed by atoms with Crippen molar-refractivity contribution < 1.29 is 4.87 Å². The molecule has 0 heterocycles. The zero-order valence-electron chi connectivity index (χ0n) is 14.5.